The number of nitrogens with zero attached hydrogens (tertiary/aromatic N) is 2. The van der Waals surface area contributed by atoms with Crippen molar-refractivity contribution in [2.24, 2.45) is 5.73 Å². The molecule has 9 heteroatoms. The molecule has 18 heavy (non-hydrogen) atoms. The van der Waals surface area contributed by atoms with Crippen molar-refractivity contribution in [1.29, 1.82) is 0 Å². The van der Waals surface area contributed by atoms with Gasteiger partial charge in [-0.3, -0.25) is 14.5 Å². The minimum Gasteiger partial charge on any atom is -0.330 e. The number of rotatable bonds is 6. The zero-order valence-corrected chi connectivity index (χ0v) is 11.2. The third-order valence-corrected chi connectivity index (χ3v) is 4.35. The van der Waals surface area contributed by atoms with E-state index < -0.39 is 28.1 Å². The molecule has 104 valence electrons. The van der Waals surface area contributed by atoms with Crippen LogP contribution in [0.3, 0.4) is 0 Å². The Labute approximate surface area is 106 Å². The largest absolute Gasteiger partial charge is 0.330 e. The fraction of sp³-hybridized carbons (Fsp3) is 0.778. The van der Waals surface area contributed by atoms with Crippen LogP contribution in [0.5, 0.6) is 0 Å². The van der Waals surface area contributed by atoms with E-state index in [0.717, 1.165) is 9.21 Å². The number of amides is 2. The summed E-state index contributed by atoms with van der Waals surface area (Å²) in [5.41, 5.74) is 5.29. The molecule has 0 bridgehead atoms. The molecule has 1 fully saturated rings. The first-order valence-electron chi connectivity index (χ1n) is 5.53. The van der Waals surface area contributed by atoms with E-state index in [1.807, 2.05) is 0 Å². The molecule has 1 heterocycles. The van der Waals surface area contributed by atoms with Crippen LogP contribution >= 0.6 is 0 Å². The van der Waals surface area contributed by atoms with E-state index in [4.69, 9.17) is 5.73 Å². The number of nitrogens with two attached hydrogens (primary N) is 1. The van der Waals surface area contributed by atoms with Gasteiger partial charge in [-0.25, -0.2) is 0 Å². The second-order valence-corrected chi connectivity index (χ2v) is 5.94. The summed E-state index contributed by atoms with van der Waals surface area (Å²) in [6.07, 6.45) is 0.383. The Morgan fingerprint density at radius 3 is 2.56 bits per heavy atom. The van der Waals surface area contributed by atoms with Crippen LogP contribution in [-0.2, 0) is 19.8 Å². The first kappa shape index (κ1) is 15.0. The number of likely N-dealkylation sites (tertiary alicyclic amines) is 1. The summed E-state index contributed by atoms with van der Waals surface area (Å²) in [6, 6.07) is -1.01. The van der Waals surface area contributed by atoms with Crippen LogP contribution in [0.4, 0.5) is 0 Å². The van der Waals surface area contributed by atoms with Gasteiger partial charge in [0, 0.05) is 20.6 Å². The van der Waals surface area contributed by atoms with E-state index in [1.165, 1.54) is 14.1 Å². The van der Waals surface area contributed by atoms with Crippen molar-refractivity contribution in [3.05, 3.63) is 0 Å². The van der Waals surface area contributed by atoms with Gasteiger partial charge in [0.2, 0.25) is 11.8 Å². The van der Waals surface area contributed by atoms with Crippen LogP contribution in [0.15, 0.2) is 0 Å². The molecule has 3 N–H and O–H groups in total. The predicted octanol–water partition coefficient (Wildman–Crippen LogP) is -2.14. The van der Waals surface area contributed by atoms with Gasteiger partial charge < -0.3 is 5.73 Å². The fourth-order valence-electron chi connectivity index (χ4n) is 1.55. The average Bonchev–Trinajstić information content (AvgIpc) is 2.53. The zero-order valence-electron chi connectivity index (χ0n) is 10.4. The van der Waals surface area contributed by atoms with Gasteiger partial charge in [-0.05, 0) is 13.0 Å². The second-order valence-electron chi connectivity index (χ2n) is 4.13. The lowest BCUT2D eigenvalue weighted by Gasteiger charge is -2.19. The van der Waals surface area contributed by atoms with E-state index in [1.54, 1.807) is 0 Å². The van der Waals surface area contributed by atoms with Crippen LogP contribution in [0, 0.1) is 0 Å². The topological polar surface area (TPSA) is 113 Å². The molecule has 0 aromatic rings. The molecule has 1 atom stereocenters. The van der Waals surface area contributed by atoms with Crippen molar-refractivity contribution in [1.82, 2.24) is 13.9 Å². The molecule has 1 rings (SSSR count). The van der Waals surface area contributed by atoms with Crippen molar-refractivity contribution in [2.45, 2.75) is 18.9 Å². The Kier molecular flexibility index (Phi) is 4.79. The summed E-state index contributed by atoms with van der Waals surface area (Å²) in [5, 5.41) is 0. The van der Waals surface area contributed by atoms with Gasteiger partial charge in [-0.2, -0.15) is 17.4 Å². The first-order chi connectivity index (χ1) is 8.29. The van der Waals surface area contributed by atoms with Gasteiger partial charge in [-0.15, -0.1) is 0 Å². The normalized spacial score (nSPS) is 21.1. The summed E-state index contributed by atoms with van der Waals surface area (Å²) in [5.74, 6) is -0.923. The van der Waals surface area contributed by atoms with E-state index in [-0.39, 0.29) is 13.0 Å². The zero-order chi connectivity index (χ0) is 13.9. The number of likely N-dealkylation sites (N-methyl/N-ethyl adjacent to an activating group) is 1. The summed E-state index contributed by atoms with van der Waals surface area (Å²) < 4.78 is 27.0. The first-order valence-corrected chi connectivity index (χ1v) is 6.97. The van der Waals surface area contributed by atoms with E-state index >= 15 is 0 Å². The molecule has 1 aliphatic rings. The third kappa shape index (κ3) is 3.25. The van der Waals surface area contributed by atoms with Crippen molar-refractivity contribution >= 4 is 22.0 Å². The molecule has 0 aromatic carbocycles. The van der Waals surface area contributed by atoms with Crippen LogP contribution in [0.1, 0.15) is 12.8 Å². The maximum Gasteiger partial charge on any atom is 0.279 e. The molecule has 1 aliphatic heterocycles. The standard InChI is InChI=1S/C9H18N4O4S/c1-12(5-3-4-10)18(16,17)11-7-6-8(14)13(2)9(7)15/h7,11H,3-6,10H2,1-2H3. The smallest absolute Gasteiger partial charge is 0.279 e. The maximum atomic E-state index is 11.8. The Morgan fingerprint density at radius 1 is 1.50 bits per heavy atom. The highest BCUT2D eigenvalue weighted by atomic mass is 32.2. The minimum absolute atomic E-state index is 0.140. The number of nitrogens with one attached hydrogen (secondary N) is 1. The molecule has 0 aliphatic carbocycles. The number of imide groups is 1. The van der Waals surface area contributed by atoms with Crippen molar-refractivity contribution in [3.63, 3.8) is 0 Å². The molecule has 2 amide bonds. The summed E-state index contributed by atoms with van der Waals surface area (Å²) >= 11 is 0. The molecule has 0 saturated carbocycles. The van der Waals surface area contributed by atoms with Gasteiger partial charge in [0.05, 0.1) is 6.42 Å². The maximum absolute atomic E-state index is 11.8. The van der Waals surface area contributed by atoms with Crippen LogP contribution < -0.4 is 10.5 Å². The van der Waals surface area contributed by atoms with Gasteiger partial charge in [-0.1, -0.05) is 0 Å². The SMILES string of the molecule is CN1C(=O)CC(NS(=O)(=O)N(C)CCCN)C1=O. The number of hydrogen-bond acceptors (Lipinski definition) is 5. The number of carbonyl (C=O) groups is 2. The summed E-state index contributed by atoms with van der Waals surface area (Å²) in [7, 11) is -1.05. The molecule has 1 saturated heterocycles. The van der Waals surface area contributed by atoms with Gasteiger partial charge >= 0.3 is 0 Å². The highest BCUT2D eigenvalue weighted by Crippen LogP contribution is 2.12. The molecule has 0 radical (unpaired) electrons. The lowest BCUT2D eigenvalue weighted by molar-refractivity contribution is -0.137. The monoisotopic (exact) mass is 278 g/mol. The molecule has 0 spiro atoms. The van der Waals surface area contributed by atoms with Gasteiger partial charge in [0.25, 0.3) is 10.2 Å². The lowest BCUT2D eigenvalue weighted by atomic mass is 10.3. The van der Waals surface area contributed by atoms with Gasteiger partial charge in [0.1, 0.15) is 6.04 Å². The minimum atomic E-state index is -3.77. The number of hydrogen-bond donors (Lipinski definition) is 2. The van der Waals surface area contributed by atoms with Crippen molar-refractivity contribution in [2.75, 3.05) is 27.2 Å². The Balaban J connectivity index is 2.67. The summed E-state index contributed by atoms with van der Waals surface area (Å²) in [6.45, 7) is 0.639. The quantitative estimate of drug-likeness (QED) is 0.538. The Morgan fingerprint density at radius 2 is 2.11 bits per heavy atom. The lowest BCUT2D eigenvalue weighted by Crippen LogP contribution is -2.47. The molecule has 0 aromatic heterocycles. The van der Waals surface area contributed by atoms with Gasteiger partial charge in [0.15, 0.2) is 0 Å². The van der Waals surface area contributed by atoms with Crippen LogP contribution in [0.25, 0.3) is 0 Å². The Bertz CT molecular complexity index is 436. The van der Waals surface area contributed by atoms with E-state index in [0.29, 0.717) is 13.0 Å². The van der Waals surface area contributed by atoms with E-state index in [2.05, 4.69) is 4.72 Å². The van der Waals surface area contributed by atoms with Crippen molar-refractivity contribution < 1.29 is 18.0 Å². The average molecular weight is 278 g/mol. The molecular weight excluding hydrogens is 260 g/mol. The summed E-state index contributed by atoms with van der Waals surface area (Å²) in [4.78, 5) is 23.8. The Hall–Kier alpha value is -1.03. The third-order valence-electron chi connectivity index (χ3n) is 2.76. The van der Waals surface area contributed by atoms with Crippen LogP contribution in [0.2, 0.25) is 0 Å². The second kappa shape index (κ2) is 5.74. The molecule has 8 nitrogen and oxygen atoms in total. The fourth-order valence-corrected chi connectivity index (χ4v) is 2.64. The highest BCUT2D eigenvalue weighted by molar-refractivity contribution is 7.87. The molecular formula is C9H18N4O4S. The van der Waals surface area contributed by atoms with Crippen molar-refractivity contribution in [3.8, 4) is 0 Å². The highest BCUT2D eigenvalue weighted by Gasteiger charge is 2.39. The van der Waals surface area contributed by atoms with E-state index in [9.17, 15) is 18.0 Å². The molecule has 1 unspecified atom stereocenters. The predicted molar refractivity (Wildman–Crippen MR) is 64.5 cm³/mol. The number of carbonyl (C=O) groups excluding carboxylic acids is 2. The van der Waals surface area contributed by atoms with Crippen LogP contribution in [-0.4, -0.2) is 62.7 Å².